The summed E-state index contributed by atoms with van der Waals surface area (Å²) in [6.07, 6.45) is 0. The van der Waals surface area contributed by atoms with Crippen LogP contribution in [0.5, 0.6) is 5.75 Å². The fraction of sp³-hybridized carbons (Fsp3) is 0.222. The Labute approximate surface area is 161 Å². The molecule has 0 aliphatic heterocycles. The molecule has 8 nitrogen and oxygen atoms in total. The Morgan fingerprint density at radius 3 is 2.63 bits per heavy atom. The van der Waals surface area contributed by atoms with Crippen LogP contribution in [0.4, 0.5) is 11.4 Å². The number of rotatable bonds is 7. The number of para-hydroxylation sites is 2. The molecule has 0 bridgehead atoms. The zero-order valence-electron chi connectivity index (χ0n) is 15.3. The maximum Gasteiger partial charge on any atom is 0.234 e. The summed E-state index contributed by atoms with van der Waals surface area (Å²) in [6.45, 7) is 0. The number of ether oxygens (including phenoxy) is 1. The lowest BCUT2D eigenvalue weighted by Gasteiger charge is -2.13. The molecule has 1 amide bonds. The lowest BCUT2D eigenvalue weighted by molar-refractivity contribution is -0.113. The molecular formula is C18H20N6O2S. The normalized spacial score (nSPS) is 10.5. The topological polar surface area (TPSA) is 85.2 Å². The predicted molar refractivity (Wildman–Crippen MR) is 106 cm³/mol. The van der Waals surface area contributed by atoms with Crippen LogP contribution in [0.15, 0.2) is 53.7 Å². The number of nitrogens with one attached hydrogen (secondary N) is 1. The summed E-state index contributed by atoms with van der Waals surface area (Å²) < 4.78 is 6.90. The molecule has 0 radical (unpaired) electrons. The van der Waals surface area contributed by atoms with Crippen molar-refractivity contribution in [2.75, 3.05) is 37.2 Å². The number of aromatic nitrogens is 4. The van der Waals surface area contributed by atoms with Crippen LogP contribution in [0.25, 0.3) is 5.69 Å². The van der Waals surface area contributed by atoms with Crippen LogP contribution in [0.1, 0.15) is 0 Å². The van der Waals surface area contributed by atoms with Crippen molar-refractivity contribution in [3.63, 3.8) is 0 Å². The molecule has 1 aromatic heterocycles. The van der Waals surface area contributed by atoms with Gasteiger partial charge in [-0.25, -0.2) is 0 Å². The van der Waals surface area contributed by atoms with E-state index >= 15 is 0 Å². The Bertz CT molecular complexity index is 910. The van der Waals surface area contributed by atoms with Crippen LogP contribution < -0.4 is 15.0 Å². The van der Waals surface area contributed by atoms with Gasteiger partial charge >= 0.3 is 0 Å². The molecule has 0 spiro atoms. The molecule has 0 aliphatic carbocycles. The van der Waals surface area contributed by atoms with Gasteiger partial charge in [0.25, 0.3) is 0 Å². The second-order valence-electron chi connectivity index (χ2n) is 5.82. The van der Waals surface area contributed by atoms with Crippen molar-refractivity contribution in [2.45, 2.75) is 5.16 Å². The van der Waals surface area contributed by atoms with Gasteiger partial charge in [0.1, 0.15) is 11.4 Å². The Hall–Kier alpha value is -3.07. The molecule has 0 saturated heterocycles. The number of anilines is 2. The fourth-order valence-electron chi connectivity index (χ4n) is 2.39. The Kier molecular flexibility index (Phi) is 5.92. The van der Waals surface area contributed by atoms with E-state index in [4.69, 9.17) is 4.74 Å². The second kappa shape index (κ2) is 8.54. The minimum Gasteiger partial charge on any atom is -0.494 e. The average molecular weight is 384 g/mol. The SMILES string of the molecule is COc1ccccc1-n1nnnc1SCC(=O)Nc1ccc(N(C)C)cc1. The third-order valence-corrected chi connectivity index (χ3v) is 4.67. The van der Waals surface area contributed by atoms with Gasteiger partial charge in [-0.1, -0.05) is 23.9 Å². The number of carbonyl (C=O) groups is 1. The Morgan fingerprint density at radius 1 is 1.19 bits per heavy atom. The summed E-state index contributed by atoms with van der Waals surface area (Å²) in [5.74, 6) is 0.703. The van der Waals surface area contributed by atoms with Crippen molar-refractivity contribution in [1.82, 2.24) is 20.2 Å². The number of benzene rings is 2. The van der Waals surface area contributed by atoms with E-state index in [1.807, 2.05) is 67.5 Å². The smallest absolute Gasteiger partial charge is 0.234 e. The molecule has 2 aromatic carbocycles. The van der Waals surface area contributed by atoms with Crippen molar-refractivity contribution in [1.29, 1.82) is 0 Å². The maximum absolute atomic E-state index is 12.3. The van der Waals surface area contributed by atoms with Gasteiger partial charge in [0.15, 0.2) is 0 Å². The third kappa shape index (κ3) is 4.56. The number of methoxy groups -OCH3 is 1. The molecule has 0 aliphatic rings. The summed E-state index contributed by atoms with van der Waals surface area (Å²) >= 11 is 1.25. The highest BCUT2D eigenvalue weighted by molar-refractivity contribution is 7.99. The van der Waals surface area contributed by atoms with Gasteiger partial charge in [-0.15, -0.1) is 5.10 Å². The van der Waals surface area contributed by atoms with Gasteiger partial charge in [-0.3, -0.25) is 4.79 Å². The molecule has 3 aromatic rings. The van der Waals surface area contributed by atoms with E-state index in [1.165, 1.54) is 11.8 Å². The van der Waals surface area contributed by atoms with E-state index in [2.05, 4.69) is 20.8 Å². The number of thioether (sulfide) groups is 1. The van der Waals surface area contributed by atoms with Crippen molar-refractivity contribution in [3.8, 4) is 11.4 Å². The molecule has 0 saturated carbocycles. The highest BCUT2D eigenvalue weighted by atomic mass is 32.2. The first-order chi connectivity index (χ1) is 13.1. The molecule has 3 rings (SSSR count). The molecule has 0 atom stereocenters. The van der Waals surface area contributed by atoms with Crippen LogP contribution in [0.2, 0.25) is 0 Å². The minimum absolute atomic E-state index is 0.132. The van der Waals surface area contributed by atoms with E-state index in [0.717, 1.165) is 11.4 Å². The molecule has 0 unspecified atom stereocenters. The summed E-state index contributed by atoms with van der Waals surface area (Å²) in [6, 6.07) is 15.1. The molecule has 140 valence electrons. The van der Waals surface area contributed by atoms with Crippen LogP contribution >= 0.6 is 11.8 Å². The van der Waals surface area contributed by atoms with Crippen molar-refractivity contribution in [3.05, 3.63) is 48.5 Å². The average Bonchev–Trinajstić information content (AvgIpc) is 3.15. The predicted octanol–water partition coefficient (Wildman–Crippen LogP) is 2.47. The molecule has 9 heteroatoms. The highest BCUT2D eigenvalue weighted by Gasteiger charge is 2.14. The lowest BCUT2D eigenvalue weighted by atomic mass is 10.2. The third-order valence-electron chi connectivity index (χ3n) is 3.75. The van der Waals surface area contributed by atoms with Gasteiger partial charge in [0.2, 0.25) is 11.1 Å². The first-order valence-electron chi connectivity index (χ1n) is 8.20. The molecule has 1 N–H and O–H groups in total. The quantitative estimate of drug-likeness (QED) is 0.626. The number of amides is 1. The van der Waals surface area contributed by atoms with E-state index in [1.54, 1.807) is 11.8 Å². The van der Waals surface area contributed by atoms with Crippen LogP contribution in [0.3, 0.4) is 0 Å². The molecule has 27 heavy (non-hydrogen) atoms. The zero-order valence-corrected chi connectivity index (χ0v) is 16.1. The fourth-order valence-corrected chi connectivity index (χ4v) is 3.08. The lowest BCUT2D eigenvalue weighted by Crippen LogP contribution is -2.15. The second-order valence-corrected chi connectivity index (χ2v) is 6.77. The monoisotopic (exact) mass is 384 g/mol. The van der Waals surface area contributed by atoms with Crippen molar-refractivity contribution < 1.29 is 9.53 Å². The van der Waals surface area contributed by atoms with Gasteiger partial charge in [0.05, 0.1) is 12.9 Å². The first kappa shape index (κ1) is 18.7. The summed E-state index contributed by atoms with van der Waals surface area (Å²) in [5.41, 5.74) is 2.53. The minimum atomic E-state index is -0.132. The Morgan fingerprint density at radius 2 is 1.93 bits per heavy atom. The van der Waals surface area contributed by atoms with Crippen molar-refractivity contribution >= 4 is 29.0 Å². The van der Waals surface area contributed by atoms with Crippen LogP contribution in [0, 0.1) is 0 Å². The summed E-state index contributed by atoms with van der Waals surface area (Å²) in [7, 11) is 5.53. The summed E-state index contributed by atoms with van der Waals surface area (Å²) in [4.78, 5) is 14.3. The van der Waals surface area contributed by atoms with E-state index in [0.29, 0.717) is 16.6 Å². The summed E-state index contributed by atoms with van der Waals surface area (Å²) in [5, 5.41) is 15.1. The van der Waals surface area contributed by atoms with Crippen LogP contribution in [-0.4, -0.2) is 53.1 Å². The van der Waals surface area contributed by atoms with E-state index in [9.17, 15) is 4.79 Å². The van der Waals surface area contributed by atoms with Gasteiger partial charge < -0.3 is 15.0 Å². The standard InChI is InChI=1S/C18H20N6O2S/c1-23(2)14-10-8-13(9-11-14)19-17(25)12-27-18-20-21-22-24(18)15-6-4-5-7-16(15)26-3/h4-11H,12H2,1-3H3,(H,19,25). The first-order valence-corrected chi connectivity index (χ1v) is 9.19. The molecule has 0 fully saturated rings. The van der Waals surface area contributed by atoms with Crippen molar-refractivity contribution in [2.24, 2.45) is 0 Å². The number of hydrogen-bond donors (Lipinski definition) is 1. The largest absolute Gasteiger partial charge is 0.494 e. The Balaban J connectivity index is 1.64. The van der Waals surface area contributed by atoms with Gasteiger partial charge in [0, 0.05) is 25.5 Å². The van der Waals surface area contributed by atoms with Gasteiger partial charge in [-0.05, 0) is 46.8 Å². The number of nitrogens with zero attached hydrogens (tertiary/aromatic N) is 5. The van der Waals surface area contributed by atoms with E-state index in [-0.39, 0.29) is 11.7 Å². The zero-order chi connectivity index (χ0) is 19.2. The number of carbonyl (C=O) groups excluding carboxylic acids is 1. The van der Waals surface area contributed by atoms with Crippen LogP contribution in [-0.2, 0) is 4.79 Å². The maximum atomic E-state index is 12.3. The highest BCUT2D eigenvalue weighted by Crippen LogP contribution is 2.25. The molecular weight excluding hydrogens is 364 g/mol. The molecule has 1 heterocycles. The van der Waals surface area contributed by atoms with E-state index < -0.39 is 0 Å². The number of tetrazole rings is 1. The number of hydrogen-bond acceptors (Lipinski definition) is 7. The van der Waals surface area contributed by atoms with Gasteiger partial charge in [-0.2, -0.15) is 4.68 Å².